The van der Waals surface area contributed by atoms with Crippen LogP contribution in [-0.4, -0.2) is 67.0 Å². The van der Waals surface area contributed by atoms with Crippen molar-refractivity contribution in [3.05, 3.63) is 22.4 Å². The normalized spacial score (nSPS) is 24.6. The van der Waals surface area contributed by atoms with Crippen LogP contribution < -0.4 is 5.32 Å². The lowest BCUT2D eigenvalue weighted by atomic mass is 9.96. The molecule has 2 aliphatic rings. The Morgan fingerprint density at radius 1 is 1.36 bits per heavy atom. The summed E-state index contributed by atoms with van der Waals surface area (Å²) in [6.45, 7) is 8.66. The summed E-state index contributed by atoms with van der Waals surface area (Å²) < 4.78 is 5.10. The number of thiophene rings is 1. The molecular formula is C17H24N4O3S. The molecular weight excluding hydrogens is 340 g/mol. The summed E-state index contributed by atoms with van der Waals surface area (Å²) >= 11 is 1.50. The summed E-state index contributed by atoms with van der Waals surface area (Å²) in [5.74, 6) is -1.21. The van der Waals surface area contributed by atoms with E-state index in [0.29, 0.717) is 5.96 Å². The zero-order valence-electron chi connectivity index (χ0n) is 14.6. The SMILES string of the molecule is CCOC(=O)[C@@H]1C(=O)NC(N2CCN(CC)CC2)=N[C@H]1c1cccs1. The molecule has 0 aliphatic carbocycles. The van der Waals surface area contributed by atoms with Gasteiger partial charge in [0.2, 0.25) is 11.9 Å². The molecule has 1 aromatic rings. The van der Waals surface area contributed by atoms with Crippen LogP contribution in [-0.2, 0) is 14.3 Å². The van der Waals surface area contributed by atoms with Crippen molar-refractivity contribution >= 4 is 29.2 Å². The number of carbonyl (C=O) groups is 2. The van der Waals surface area contributed by atoms with Crippen molar-refractivity contribution in [1.29, 1.82) is 0 Å². The van der Waals surface area contributed by atoms with Crippen molar-refractivity contribution in [3.8, 4) is 0 Å². The van der Waals surface area contributed by atoms with Crippen molar-refractivity contribution in [2.45, 2.75) is 19.9 Å². The van der Waals surface area contributed by atoms with Crippen LogP contribution in [0.3, 0.4) is 0 Å². The molecule has 1 aromatic heterocycles. The molecule has 3 rings (SSSR count). The summed E-state index contributed by atoms with van der Waals surface area (Å²) in [6.07, 6.45) is 0. The summed E-state index contributed by atoms with van der Waals surface area (Å²) in [7, 11) is 0. The van der Waals surface area contributed by atoms with E-state index in [0.717, 1.165) is 37.6 Å². The highest BCUT2D eigenvalue weighted by Crippen LogP contribution is 2.33. The Labute approximate surface area is 151 Å². The van der Waals surface area contributed by atoms with Gasteiger partial charge in [0.25, 0.3) is 0 Å². The highest BCUT2D eigenvalue weighted by Gasteiger charge is 2.42. The number of nitrogens with zero attached hydrogens (tertiary/aromatic N) is 3. The number of aliphatic imine (C=N–C) groups is 1. The van der Waals surface area contributed by atoms with Crippen LogP contribution in [0.1, 0.15) is 24.8 Å². The third kappa shape index (κ3) is 3.85. The molecule has 1 N–H and O–H groups in total. The number of nitrogens with one attached hydrogen (secondary N) is 1. The number of piperazine rings is 1. The topological polar surface area (TPSA) is 74.2 Å². The molecule has 0 radical (unpaired) electrons. The Morgan fingerprint density at radius 2 is 2.12 bits per heavy atom. The zero-order valence-corrected chi connectivity index (χ0v) is 15.4. The molecule has 1 saturated heterocycles. The van der Waals surface area contributed by atoms with E-state index >= 15 is 0 Å². The van der Waals surface area contributed by atoms with Gasteiger partial charge in [-0.25, -0.2) is 4.99 Å². The lowest BCUT2D eigenvalue weighted by Gasteiger charge is -2.38. The molecule has 2 atom stereocenters. The number of likely N-dealkylation sites (N-methyl/N-ethyl adjacent to an activating group) is 1. The number of hydrogen-bond acceptors (Lipinski definition) is 7. The monoisotopic (exact) mass is 364 g/mol. The summed E-state index contributed by atoms with van der Waals surface area (Å²) in [5, 5.41) is 4.75. The number of rotatable bonds is 4. The fourth-order valence-electron chi connectivity index (χ4n) is 3.16. The van der Waals surface area contributed by atoms with Crippen molar-refractivity contribution in [2.75, 3.05) is 39.3 Å². The first kappa shape index (κ1) is 17.9. The van der Waals surface area contributed by atoms with Crippen molar-refractivity contribution in [3.63, 3.8) is 0 Å². The largest absolute Gasteiger partial charge is 0.465 e. The van der Waals surface area contributed by atoms with Crippen molar-refractivity contribution in [2.24, 2.45) is 10.9 Å². The quantitative estimate of drug-likeness (QED) is 0.640. The first-order valence-electron chi connectivity index (χ1n) is 8.70. The lowest BCUT2D eigenvalue weighted by Crippen LogP contribution is -2.57. The molecule has 3 heterocycles. The van der Waals surface area contributed by atoms with Crippen LogP contribution >= 0.6 is 11.3 Å². The summed E-state index contributed by atoms with van der Waals surface area (Å²) in [6, 6.07) is 3.30. The standard InChI is InChI=1S/C17H24N4O3S/c1-3-20-7-9-21(10-8-20)17-18-14(12-6-5-11-25-12)13(15(22)19-17)16(23)24-4-2/h5-6,11,13-14H,3-4,7-10H2,1-2H3,(H,18,19,22)/t13-,14-/m0/s1. The third-order valence-corrected chi connectivity index (χ3v) is 5.53. The number of amides is 1. The molecule has 1 fully saturated rings. The van der Waals surface area contributed by atoms with Gasteiger partial charge in [0.15, 0.2) is 5.92 Å². The van der Waals surface area contributed by atoms with Gasteiger partial charge >= 0.3 is 5.97 Å². The second kappa shape index (κ2) is 7.97. The maximum absolute atomic E-state index is 12.7. The molecule has 0 spiro atoms. The van der Waals surface area contributed by atoms with Gasteiger partial charge in [-0.15, -0.1) is 11.3 Å². The molecule has 8 heteroatoms. The van der Waals surface area contributed by atoms with Gasteiger partial charge in [0.05, 0.1) is 6.61 Å². The molecule has 25 heavy (non-hydrogen) atoms. The van der Waals surface area contributed by atoms with Crippen LogP contribution in [0.2, 0.25) is 0 Å². The fraction of sp³-hybridized carbons (Fsp3) is 0.588. The van der Waals surface area contributed by atoms with Crippen molar-refractivity contribution in [1.82, 2.24) is 15.1 Å². The Balaban J connectivity index is 1.85. The van der Waals surface area contributed by atoms with Crippen molar-refractivity contribution < 1.29 is 14.3 Å². The first-order valence-corrected chi connectivity index (χ1v) is 9.58. The second-order valence-electron chi connectivity index (χ2n) is 6.05. The van der Waals surface area contributed by atoms with Crippen LogP contribution in [0.4, 0.5) is 0 Å². The number of carbonyl (C=O) groups excluding carboxylic acids is 2. The average molecular weight is 364 g/mol. The number of guanidine groups is 1. The second-order valence-corrected chi connectivity index (χ2v) is 7.03. The predicted octanol–water partition coefficient (Wildman–Crippen LogP) is 1.09. The number of esters is 1. The zero-order chi connectivity index (χ0) is 17.8. The molecule has 7 nitrogen and oxygen atoms in total. The molecule has 136 valence electrons. The van der Waals surface area contributed by atoms with Gasteiger partial charge in [-0.1, -0.05) is 13.0 Å². The minimum Gasteiger partial charge on any atom is -0.465 e. The Bertz CT molecular complexity index is 638. The lowest BCUT2D eigenvalue weighted by molar-refractivity contribution is -0.153. The predicted molar refractivity (Wildman–Crippen MR) is 96.4 cm³/mol. The molecule has 2 aliphatic heterocycles. The highest BCUT2D eigenvalue weighted by atomic mass is 32.1. The molecule has 1 amide bonds. The maximum atomic E-state index is 12.7. The van der Waals surface area contributed by atoms with Crippen LogP contribution in [0.25, 0.3) is 0 Å². The number of hydrogen-bond donors (Lipinski definition) is 1. The van der Waals surface area contributed by atoms with E-state index in [1.54, 1.807) is 6.92 Å². The minimum absolute atomic E-state index is 0.245. The maximum Gasteiger partial charge on any atom is 0.321 e. The van der Waals surface area contributed by atoms with E-state index in [4.69, 9.17) is 9.73 Å². The van der Waals surface area contributed by atoms with E-state index in [2.05, 4.69) is 22.0 Å². The molecule has 0 unspecified atom stereocenters. The number of ether oxygens (including phenoxy) is 1. The average Bonchev–Trinajstić information content (AvgIpc) is 3.16. The first-order chi connectivity index (χ1) is 12.1. The Kier molecular flexibility index (Phi) is 5.70. The Morgan fingerprint density at radius 3 is 2.72 bits per heavy atom. The van der Waals surface area contributed by atoms with Gasteiger partial charge in [0.1, 0.15) is 6.04 Å². The van der Waals surface area contributed by atoms with Gasteiger partial charge in [-0.2, -0.15) is 0 Å². The van der Waals surface area contributed by atoms with Gasteiger partial charge < -0.3 is 14.5 Å². The highest BCUT2D eigenvalue weighted by molar-refractivity contribution is 7.10. The fourth-order valence-corrected chi connectivity index (χ4v) is 3.96. The van der Waals surface area contributed by atoms with E-state index in [9.17, 15) is 9.59 Å². The van der Waals surface area contributed by atoms with E-state index < -0.39 is 17.9 Å². The van der Waals surface area contributed by atoms with E-state index in [1.165, 1.54) is 11.3 Å². The smallest absolute Gasteiger partial charge is 0.321 e. The molecule has 0 saturated carbocycles. The van der Waals surface area contributed by atoms with Crippen LogP contribution in [0.5, 0.6) is 0 Å². The van der Waals surface area contributed by atoms with E-state index in [1.807, 2.05) is 17.5 Å². The Hall–Kier alpha value is -1.93. The summed E-state index contributed by atoms with van der Waals surface area (Å²) in [5.41, 5.74) is 0. The molecule has 0 bridgehead atoms. The molecule has 0 aromatic carbocycles. The van der Waals surface area contributed by atoms with Gasteiger partial charge in [-0.3, -0.25) is 14.9 Å². The minimum atomic E-state index is -0.931. The van der Waals surface area contributed by atoms with Crippen LogP contribution in [0.15, 0.2) is 22.5 Å². The van der Waals surface area contributed by atoms with Crippen LogP contribution in [0, 0.1) is 5.92 Å². The van der Waals surface area contributed by atoms with E-state index in [-0.39, 0.29) is 12.5 Å². The third-order valence-electron chi connectivity index (χ3n) is 4.59. The summed E-state index contributed by atoms with van der Waals surface area (Å²) in [4.78, 5) is 35.1. The van der Waals surface area contributed by atoms with Gasteiger partial charge in [0, 0.05) is 31.1 Å². The van der Waals surface area contributed by atoms with Gasteiger partial charge in [-0.05, 0) is 24.9 Å².